The molecule has 0 unspecified atom stereocenters. The van der Waals surface area contributed by atoms with E-state index in [0.29, 0.717) is 5.41 Å². The van der Waals surface area contributed by atoms with Crippen LogP contribution in [0.1, 0.15) is 64.0 Å². The first-order valence-electron chi connectivity index (χ1n) is 7.52. The van der Waals surface area contributed by atoms with E-state index >= 15 is 0 Å². The van der Waals surface area contributed by atoms with Crippen molar-refractivity contribution in [2.45, 2.75) is 65.7 Å². The first-order valence-corrected chi connectivity index (χ1v) is 7.52. The van der Waals surface area contributed by atoms with E-state index < -0.39 is 0 Å². The van der Waals surface area contributed by atoms with Crippen molar-refractivity contribution in [3.05, 3.63) is 35.4 Å². The van der Waals surface area contributed by atoms with Gasteiger partial charge < -0.3 is 0 Å². The third-order valence-electron chi connectivity index (χ3n) is 3.29. The Kier molecular flexibility index (Phi) is 6.71. The summed E-state index contributed by atoms with van der Waals surface area (Å²) in [5.74, 6) is 2.70. The first-order chi connectivity index (χ1) is 9.01. The van der Waals surface area contributed by atoms with Crippen LogP contribution < -0.4 is 0 Å². The van der Waals surface area contributed by atoms with Crippen molar-refractivity contribution < 1.29 is 0 Å². The Morgan fingerprint density at radius 2 is 1.47 bits per heavy atom. The molecule has 0 heterocycles. The van der Waals surface area contributed by atoms with Crippen molar-refractivity contribution in [1.82, 2.24) is 0 Å². The van der Waals surface area contributed by atoms with Crippen molar-refractivity contribution in [3.63, 3.8) is 0 Å². The van der Waals surface area contributed by atoms with E-state index in [2.05, 4.69) is 51.0 Å². The molecule has 0 aliphatic rings. The summed E-state index contributed by atoms with van der Waals surface area (Å²) in [6.07, 6.45) is 13.6. The smallest absolute Gasteiger partial charge is 0.00860 e. The molecular weight excluding hydrogens is 228 g/mol. The van der Waals surface area contributed by atoms with Crippen LogP contribution in [0.25, 0.3) is 0 Å². The molecule has 0 amide bonds. The highest BCUT2D eigenvalue weighted by Gasteiger charge is 2.10. The molecule has 0 aromatic heterocycles. The predicted molar refractivity (Wildman–Crippen MR) is 85.2 cm³/mol. The summed E-state index contributed by atoms with van der Waals surface area (Å²) in [6, 6.07) is 9.17. The topological polar surface area (TPSA) is 0 Å². The van der Waals surface area contributed by atoms with Gasteiger partial charge in [-0.25, -0.2) is 0 Å². The molecule has 0 spiro atoms. The quantitative estimate of drug-likeness (QED) is 0.452. The van der Waals surface area contributed by atoms with Crippen molar-refractivity contribution in [3.8, 4) is 12.3 Å². The SMILES string of the molecule is C#CCCCCCCc1ccc(CC(C)(C)C)cc1. The van der Waals surface area contributed by atoms with E-state index in [-0.39, 0.29) is 0 Å². The highest BCUT2D eigenvalue weighted by molar-refractivity contribution is 5.23. The average Bonchev–Trinajstić information content (AvgIpc) is 2.34. The van der Waals surface area contributed by atoms with E-state index in [1.54, 1.807) is 0 Å². The maximum absolute atomic E-state index is 5.24. The summed E-state index contributed by atoms with van der Waals surface area (Å²) in [5, 5.41) is 0. The summed E-state index contributed by atoms with van der Waals surface area (Å²) < 4.78 is 0. The molecule has 0 bridgehead atoms. The Hall–Kier alpha value is -1.22. The van der Waals surface area contributed by atoms with E-state index in [4.69, 9.17) is 6.42 Å². The van der Waals surface area contributed by atoms with Gasteiger partial charge in [-0.15, -0.1) is 12.3 Å². The zero-order valence-corrected chi connectivity index (χ0v) is 12.8. The van der Waals surface area contributed by atoms with Gasteiger partial charge in [-0.05, 0) is 42.2 Å². The molecule has 0 saturated carbocycles. The summed E-state index contributed by atoms with van der Waals surface area (Å²) in [5.41, 5.74) is 3.29. The molecule has 1 aromatic carbocycles. The van der Waals surface area contributed by atoms with Gasteiger partial charge in [0.25, 0.3) is 0 Å². The van der Waals surface area contributed by atoms with Crippen LogP contribution in [0.2, 0.25) is 0 Å². The van der Waals surface area contributed by atoms with Crippen LogP contribution in [0.5, 0.6) is 0 Å². The number of rotatable bonds is 7. The van der Waals surface area contributed by atoms with Crippen LogP contribution in [0, 0.1) is 17.8 Å². The molecule has 0 saturated heterocycles. The molecule has 1 aromatic rings. The van der Waals surface area contributed by atoms with Gasteiger partial charge in [0.1, 0.15) is 0 Å². The minimum absolute atomic E-state index is 0.374. The maximum atomic E-state index is 5.24. The Morgan fingerprint density at radius 3 is 2.05 bits per heavy atom. The largest absolute Gasteiger partial charge is 0.120 e. The predicted octanol–water partition coefficient (Wildman–Crippen LogP) is 5.40. The number of hydrogen-bond acceptors (Lipinski definition) is 0. The fourth-order valence-corrected chi connectivity index (χ4v) is 2.35. The highest BCUT2D eigenvalue weighted by atomic mass is 14.2. The molecule has 104 valence electrons. The second-order valence-electron chi connectivity index (χ2n) is 6.67. The standard InChI is InChI=1S/C19H28/c1-5-6-7-8-9-10-11-17-12-14-18(15-13-17)16-19(2,3)4/h1,12-15H,6-11,16H2,2-4H3. The van der Waals surface area contributed by atoms with E-state index in [9.17, 15) is 0 Å². The number of benzene rings is 1. The molecule has 0 nitrogen and oxygen atoms in total. The van der Waals surface area contributed by atoms with Gasteiger partial charge in [-0.1, -0.05) is 57.9 Å². The minimum atomic E-state index is 0.374. The maximum Gasteiger partial charge on any atom is 0.00860 e. The molecule has 19 heavy (non-hydrogen) atoms. The van der Waals surface area contributed by atoms with Crippen LogP contribution in [0.15, 0.2) is 24.3 Å². The zero-order chi connectivity index (χ0) is 14.1. The lowest BCUT2D eigenvalue weighted by molar-refractivity contribution is 0.411. The molecule has 0 heteroatoms. The summed E-state index contributed by atoms with van der Waals surface area (Å²) >= 11 is 0. The van der Waals surface area contributed by atoms with Gasteiger partial charge in [0.05, 0.1) is 0 Å². The molecule has 0 N–H and O–H groups in total. The summed E-state index contributed by atoms with van der Waals surface area (Å²) in [6.45, 7) is 6.87. The van der Waals surface area contributed by atoms with Gasteiger partial charge in [-0.2, -0.15) is 0 Å². The molecule has 0 atom stereocenters. The number of unbranched alkanes of at least 4 members (excludes halogenated alkanes) is 4. The summed E-state index contributed by atoms with van der Waals surface area (Å²) in [4.78, 5) is 0. The Bertz CT molecular complexity index is 384. The van der Waals surface area contributed by atoms with Crippen molar-refractivity contribution in [2.75, 3.05) is 0 Å². The van der Waals surface area contributed by atoms with Crippen molar-refractivity contribution in [2.24, 2.45) is 5.41 Å². The van der Waals surface area contributed by atoms with E-state index in [1.807, 2.05) is 0 Å². The van der Waals surface area contributed by atoms with Crippen molar-refractivity contribution in [1.29, 1.82) is 0 Å². The average molecular weight is 256 g/mol. The van der Waals surface area contributed by atoms with Crippen LogP contribution >= 0.6 is 0 Å². The van der Waals surface area contributed by atoms with Crippen LogP contribution in [-0.4, -0.2) is 0 Å². The first kappa shape index (κ1) is 15.8. The van der Waals surface area contributed by atoms with Gasteiger partial charge >= 0.3 is 0 Å². The molecule has 1 rings (SSSR count). The molecular formula is C19H28. The fraction of sp³-hybridized carbons (Fsp3) is 0.579. The minimum Gasteiger partial charge on any atom is -0.120 e. The number of hydrogen-bond donors (Lipinski definition) is 0. The van der Waals surface area contributed by atoms with Gasteiger partial charge in [-0.3, -0.25) is 0 Å². The third kappa shape index (κ3) is 7.73. The third-order valence-corrected chi connectivity index (χ3v) is 3.29. The van der Waals surface area contributed by atoms with E-state index in [1.165, 1.54) is 43.2 Å². The lowest BCUT2D eigenvalue weighted by atomic mass is 9.88. The number of aryl methyl sites for hydroxylation is 1. The Labute approximate surface area is 119 Å². The normalized spacial score (nSPS) is 11.3. The Morgan fingerprint density at radius 1 is 0.895 bits per heavy atom. The molecule has 0 aliphatic heterocycles. The number of terminal acetylenes is 1. The zero-order valence-electron chi connectivity index (χ0n) is 12.8. The highest BCUT2D eigenvalue weighted by Crippen LogP contribution is 2.21. The Balaban J connectivity index is 2.27. The molecule has 0 radical (unpaired) electrons. The van der Waals surface area contributed by atoms with Crippen LogP contribution in [0.4, 0.5) is 0 Å². The lowest BCUT2D eigenvalue weighted by Crippen LogP contribution is -2.08. The summed E-state index contributed by atoms with van der Waals surface area (Å²) in [7, 11) is 0. The monoisotopic (exact) mass is 256 g/mol. The van der Waals surface area contributed by atoms with Gasteiger partial charge in [0, 0.05) is 6.42 Å². The molecule has 0 aliphatic carbocycles. The second-order valence-corrected chi connectivity index (χ2v) is 6.67. The fourth-order valence-electron chi connectivity index (χ4n) is 2.35. The van der Waals surface area contributed by atoms with Gasteiger partial charge in [0.15, 0.2) is 0 Å². The lowest BCUT2D eigenvalue weighted by Gasteiger charge is -2.18. The van der Waals surface area contributed by atoms with Crippen molar-refractivity contribution >= 4 is 0 Å². The second kappa shape index (κ2) is 8.05. The van der Waals surface area contributed by atoms with Crippen LogP contribution in [-0.2, 0) is 12.8 Å². The van der Waals surface area contributed by atoms with Gasteiger partial charge in [0.2, 0.25) is 0 Å². The van der Waals surface area contributed by atoms with E-state index in [0.717, 1.165) is 12.8 Å². The molecule has 0 fully saturated rings. The van der Waals surface area contributed by atoms with Crippen LogP contribution in [0.3, 0.4) is 0 Å².